The van der Waals surface area contributed by atoms with Gasteiger partial charge in [0.2, 0.25) is 5.60 Å². The highest BCUT2D eigenvalue weighted by Gasteiger charge is 2.55. The van der Waals surface area contributed by atoms with Crippen molar-refractivity contribution in [3.05, 3.63) is 45.1 Å². The Labute approximate surface area is 326 Å². The molecule has 1 aromatic heterocycles. The van der Waals surface area contributed by atoms with Crippen molar-refractivity contribution in [3.63, 3.8) is 0 Å². The van der Waals surface area contributed by atoms with Crippen LogP contribution in [0.4, 0.5) is 5.13 Å². The molecule has 1 aromatic carbocycles. The van der Waals surface area contributed by atoms with E-state index in [4.69, 9.17) is 22.2 Å². The average molecular weight is 821 g/mol. The number of aromatic hydroxyl groups is 2. The zero-order valence-electron chi connectivity index (χ0n) is 29.4. The largest absolute Gasteiger partial charge is 0.543 e. The van der Waals surface area contributed by atoms with E-state index < -0.39 is 69.6 Å². The van der Waals surface area contributed by atoms with Gasteiger partial charge in [0.25, 0.3) is 17.7 Å². The SMILES string of the molecule is CC(C)(O/N=C(\C(=O)N[C@@H]1C(=O)N2C(C(=O)[O-])=C(C[N+]34CCC(CNC(=O)/C(=N\O)c5ccc(O)c(O)c5Cl)(CC3)CC4)CS[C@H]12)c1csc(N)n1)C(=O)O. The second-order valence-corrected chi connectivity index (χ2v) is 16.7. The molecule has 4 fully saturated rings. The number of nitrogens with zero attached hydrogens (tertiary/aromatic N) is 5. The van der Waals surface area contributed by atoms with Crippen molar-refractivity contribution in [2.75, 3.05) is 44.2 Å². The fourth-order valence-electron chi connectivity index (χ4n) is 7.15. The van der Waals surface area contributed by atoms with Gasteiger partial charge in [0.1, 0.15) is 23.7 Å². The summed E-state index contributed by atoms with van der Waals surface area (Å²) in [4.78, 5) is 74.4. The van der Waals surface area contributed by atoms with Crippen molar-refractivity contribution < 1.29 is 58.9 Å². The van der Waals surface area contributed by atoms with E-state index in [1.807, 2.05) is 0 Å². The fourth-order valence-corrected chi connectivity index (χ4v) is 9.29. The van der Waals surface area contributed by atoms with Gasteiger partial charge in [-0.25, -0.2) is 9.78 Å². The highest BCUT2D eigenvalue weighted by atomic mass is 35.5. The zero-order valence-corrected chi connectivity index (χ0v) is 31.8. The summed E-state index contributed by atoms with van der Waals surface area (Å²) < 4.78 is 0.574. The molecule has 2 aromatic rings. The van der Waals surface area contributed by atoms with Crippen molar-refractivity contribution in [1.29, 1.82) is 0 Å². The van der Waals surface area contributed by atoms with Gasteiger partial charge in [-0.15, -0.1) is 23.1 Å². The van der Waals surface area contributed by atoms with E-state index in [0.29, 0.717) is 55.5 Å². The van der Waals surface area contributed by atoms with Gasteiger partial charge in [0, 0.05) is 53.5 Å². The number of nitrogen functional groups attached to an aromatic ring is 1. The van der Waals surface area contributed by atoms with Crippen LogP contribution in [0.2, 0.25) is 5.02 Å². The number of nitrogens with one attached hydrogen (secondary N) is 2. The number of anilines is 1. The Kier molecular flexibility index (Phi) is 10.7. The lowest BCUT2D eigenvalue weighted by Crippen LogP contribution is -2.72. The topological polar surface area (TPSA) is 289 Å². The van der Waals surface area contributed by atoms with Crippen LogP contribution in [0.25, 0.3) is 0 Å². The van der Waals surface area contributed by atoms with Crippen LogP contribution >= 0.6 is 34.7 Å². The minimum absolute atomic E-state index is 0.00833. The number of hydrogen-bond donors (Lipinski definition) is 7. The summed E-state index contributed by atoms with van der Waals surface area (Å²) in [6, 6.07) is 1.23. The molecule has 4 saturated heterocycles. The first-order chi connectivity index (χ1) is 25.9. The van der Waals surface area contributed by atoms with Crippen molar-refractivity contribution in [3.8, 4) is 11.5 Å². The van der Waals surface area contributed by atoms with Crippen molar-refractivity contribution >= 4 is 80.9 Å². The number of nitrogens with two attached hydrogens (primary N) is 1. The Morgan fingerprint density at radius 2 is 1.84 bits per heavy atom. The lowest BCUT2D eigenvalue weighted by Gasteiger charge is -2.56. The normalized spacial score (nSPS) is 25.2. The van der Waals surface area contributed by atoms with Crippen LogP contribution < -0.4 is 21.5 Å². The molecule has 7 rings (SSSR count). The number of aromatic nitrogens is 1. The molecule has 0 spiro atoms. The molecular weight excluding hydrogens is 784 g/mol. The summed E-state index contributed by atoms with van der Waals surface area (Å²) in [6.45, 7) is 5.09. The molecule has 8 N–H and O–H groups in total. The first kappa shape index (κ1) is 39.6. The van der Waals surface area contributed by atoms with Crippen LogP contribution in [0.15, 0.2) is 39.1 Å². The first-order valence-electron chi connectivity index (χ1n) is 16.9. The van der Waals surface area contributed by atoms with E-state index >= 15 is 0 Å². The van der Waals surface area contributed by atoms with Gasteiger partial charge in [-0.1, -0.05) is 21.9 Å². The number of benzene rings is 1. The zero-order chi connectivity index (χ0) is 40.0. The number of amides is 3. The van der Waals surface area contributed by atoms with Crippen LogP contribution in [0.3, 0.4) is 0 Å². The molecule has 5 aliphatic heterocycles. The molecule has 2 atom stereocenters. The number of fused-ring (bicyclic) bond motifs is 4. The van der Waals surface area contributed by atoms with Crippen LogP contribution in [-0.4, -0.2) is 131 Å². The number of phenols is 2. The molecule has 0 radical (unpaired) electrons. The summed E-state index contributed by atoms with van der Waals surface area (Å²) in [5.74, 6) is -6.06. The van der Waals surface area contributed by atoms with E-state index in [1.54, 1.807) is 0 Å². The lowest BCUT2D eigenvalue weighted by atomic mass is 9.70. The smallest absolute Gasteiger partial charge is 0.350 e. The second kappa shape index (κ2) is 14.8. The quantitative estimate of drug-likeness (QED) is 0.0343. The summed E-state index contributed by atoms with van der Waals surface area (Å²) in [7, 11) is 0. The number of phenolic OH excluding ortho intramolecular Hbond substituents is 2. The molecule has 3 amide bonds. The lowest BCUT2D eigenvalue weighted by molar-refractivity contribution is -0.941. The summed E-state index contributed by atoms with van der Waals surface area (Å²) in [5, 5.41) is 63.8. The van der Waals surface area contributed by atoms with Gasteiger partial charge in [-0.3, -0.25) is 19.3 Å². The Morgan fingerprint density at radius 1 is 1.16 bits per heavy atom. The van der Waals surface area contributed by atoms with Gasteiger partial charge in [0.15, 0.2) is 28.1 Å². The Balaban J connectivity index is 1.10. The van der Waals surface area contributed by atoms with Crippen LogP contribution in [0.5, 0.6) is 11.5 Å². The monoisotopic (exact) mass is 820 g/mol. The number of oxime groups is 2. The number of carboxylic acids is 2. The Bertz CT molecular complexity index is 2040. The average Bonchev–Trinajstić information content (AvgIpc) is 3.59. The molecule has 0 unspecified atom stereocenters. The number of rotatable bonds is 13. The van der Waals surface area contributed by atoms with E-state index in [0.717, 1.165) is 22.3 Å². The highest BCUT2D eigenvalue weighted by molar-refractivity contribution is 8.00. The number of halogens is 1. The van der Waals surface area contributed by atoms with Crippen LogP contribution in [0.1, 0.15) is 44.4 Å². The maximum absolute atomic E-state index is 13.5. The highest BCUT2D eigenvalue weighted by Crippen LogP contribution is 2.46. The predicted molar refractivity (Wildman–Crippen MR) is 195 cm³/mol. The standard InChI is InChI=1S/C33H37ClN8O11S2/c1-32(2,30(50)51)53-40-21(17-13-55-31(35)37-17)26(46)38-22-27(47)41-23(29(48)49)15(12-54-28(22)41)11-42-8-5-33(6-9-42,7-10-42)14-36-25(45)20(39-52)16-3-4-18(43)24(44)19(16)34/h3-4,13,22,28H,5-12,14H2,1-2H3,(H8-,35,36,37,38,39,40,43,44,45,46,48,49,50,51,52)/t22-,28-,33?,42?/m1/s1. The van der Waals surface area contributed by atoms with Crippen molar-refractivity contribution in [2.24, 2.45) is 15.7 Å². The maximum atomic E-state index is 13.5. The molecular formula is C33H37ClN8O11S2. The molecule has 22 heteroatoms. The summed E-state index contributed by atoms with van der Waals surface area (Å²) in [6.07, 6.45) is 2.09. The maximum Gasteiger partial charge on any atom is 0.350 e. The third-order valence-electron chi connectivity index (χ3n) is 10.6. The van der Waals surface area contributed by atoms with Gasteiger partial charge in [-0.2, -0.15) is 0 Å². The Morgan fingerprint density at radius 3 is 2.42 bits per heavy atom. The fraction of sp³-hybridized carbons (Fsp3) is 0.455. The second-order valence-electron chi connectivity index (χ2n) is 14.4. The van der Waals surface area contributed by atoms with E-state index in [-0.39, 0.29) is 44.8 Å². The van der Waals surface area contributed by atoms with Crippen molar-refractivity contribution in [2.45, 2.75) is 50.1 Å². The number of β-lactam (4-membered cyclic amide) rings is 1. The number of carbonyl (C=O) groups excluding carboxylic acids is 4. The van der Waals surface area contributed by atoms with Gasteiger partial charge in [-0.05, 0) is 26.0 Å². The molecule has 0 aliphatic carbocycles. The summed E-state index contributed by atoms with van der Waals surface area (Å²) in [5.41, 5.74) is 3.03. The molecule has 6 heterocycles. The summed E-state index contributed by atoms with van der Waals surface area (Å²) >= 11 is 8.36. The molecule has 2 bridgehead atoms. The van der Waals surface area contributed by atoms with Gasteiger partial charge < -0.3 is 56.1 Å². The minimum Gasteiger partial charge on any atom is -0.543 e. The number of thiazole rings is 1. The minimum atomic E-state index is -1.80. The molecule has 294 valence electrons. The van der Waals surface area contributed by atoms with Crippen molar-refractivity contribution in [1.82, 2.24) is 20.5 Å². The molecule has 19 nitrogen and oxygen atoms in total. The number of carbonyl (C=O) groups is 5. The number of thioether (sulfide) groups is 1. The number of aliphatic carboxylic acids is 2. The number of hydrogen-bond acceptors (Lipinski definition) is 16. The number of carboxylic acid groups (broad SMARTS) is 2. The van der Waals surface area contributed by atoms with Gasteiger partial charge >= 0.3 is 5.97 Å². The third-order valence-corrected chi connectivity index (χ3v) is 12.9. The van der Waals surface area contributed by atoms with E-state index in [9.17, 15) is 49.6 Å². The molecule has 55 heavy (non-hydrogen) atoms. The van der Waals surface area contributed by atoms with Crippen LogP contribution in [0, 0.1) is 5.41 Å². The predicted octanol–water partition coefficient (Wildman–Crippen LogP) is -0.227. The van der Waals surface area contributed by atoms with Gasteiger partial charge in [0.05, 0.1) is 36.3 Å². The van der Waals surface area contributed by atoms with E-state index in [1.165, 1.54) is 37.1 Å². The first-order valence-corrected chi connectivity index (χ1v) is 19.2. The number of quaternary nitrogens is 1. The molecule has 0 saturated carbocycles. The third kappa shape index (κ3) is 7.48. The van der Waals surface area contributed by atoms with E-state index in [2.05, 4.69) is 25.9 Å². The molecule has 5 aliphatic rings. The Hall–Kier alpha value is -5.12. The number of piperidine rings is 3. The van der Waals surface area contributed by atoms with Crippen LogP contribution in [-0.2, 0) is 28.8 Å².